The number of aliphatic hydroxyl groups excluding tert-OH is 1. The molecule has 0 aliphatic rings. The van der Waals surface area contributed by atoms with E-state index in [0.717, 1.165) is 6.07 Å². The Labute approximate surface area is 131 Å². The van der Waals surface area contributed by atoms with Gasteiger partial charge in [-0.15, -0.1) is 0 Å². The largest absolute Gasteiger partial charge is 0.469 e. The molecule has 2 aromatic heterocycles. The third kappa shape index (κ3) is 4.89. The van der Waals surface area contributed by atoms with Gasteiger partial charge in [0.1, 0.15) is 17.5 Å². The summed E-state index contributed by atoms with van der Waals surface area (Å²) in [6, 6.07) is 6.09. The van der Waals surface area contributed by atoms with Gasteiger partial charge in [0, 0.05) is 13.0 Å². The van der Waals surface area contributed by atoms with Gasteiger partial charge in [-0.25, -0.2) is 4.98 Å². The third-order valence-corrected chi connectivity index (χ3v) is 3.00. The van der Waals surface area contributed by atoms with Crippen LogP contribution in [-0.2, 0) is 11.2 Å². The predicted octanol–water partition coefficient (Wildman–Crippen LogP) is 0.263. The number of pyridine rings is 1. The maximum atomic E-state index is 13.0. The molecule has 122 valence electrons. The standard InChI is InChI=1S/C15H16FN3O4/c16-13-5-1-4-11(18-13)15(22)19-12(9-20)14(21)17-7-6-10-3-2-8-23-10/h1-5,8,12,20H,6-7,9H2,(H,17,21)(H,19,22)/t12-/m0/s1. The normalized spacial score (nSPS) is 11.7. The molecule has 2 aromatic rings. The van der Waals surface area contributed by atoms with E-state index in [2.05, 4.69) is 15.6 Å². The number of carbonyl (C=O) groups excluding carboxylic acids is 2. The van der Waals surface area contributed by atoms with Gasteiger partial charge in [-0.1, -0.05) is 6.07 Å². The smallest absolute Gasteiger partial charge is 0.270 e. The molecule has 0 unspecified atom stereocenters. The third-order valence-electron chi connectivity index (χ3n) is 3.00. The van der Waals surface area contributed by atoms with Crippen LogP contribution >= 0.6 is 0 Å². The molecule has 0 spiro atoms. The molecule has 0 radical (unpaired) electrons. The maximum absolute atomic E-state index is 13.0. The number of furan rings is 1. The number of hydrogen-bond acceptors (Lipinski definition) is 5. The van der Waals surface area contributed by atoms with Crippen molar-refractivity contribution in [2.45, 2.75) is 12.5 Å². The van der Waals surface area contributed by atoms with E-state index in [9.17, 15) is 19.1 Å². The van der Waals surface area contributed by atoms with Crippen LogP contribution in [-0.4, -0.2) is 41.1 Å². The molecule has 23 heavy (non-hydrogen) atoms. The van der Waals surface area contributed by atoms with Crippen LogP contribution in [0.2, 0.25) is 0 Å². The molecule has 0 aromatic carbocycles. The maximum Gasteiger partial charge on any atom is 0.270 e. The highest BCUT2D eigenvalue weighted by molar-refractivity contribution is 5.96. The lowest BCUT2D eigenvalue weighted by Crippen LogP contribution is -2.49. The van der Waals surface area contributed by atoms with Gasteiger partial charge in [-0.2, -0.15) is 4.39 Å². The molecule has 8 heteroatoms. The van der Waals surface area contributed by atoms with Crippen LogP contribution in [0.15, 0.2) is 41.0 Å². The quantitative estimate of drug-likeness (QED) is 0.635. The number of carbonyl (C=O) groups is 2. The first-order chi connectivity index (χ1) is 11.1. The number of nitrogens with zero attached hydrogens (tertiary/aromatic N) is 1. The average Bonchev–Trinajstić information content (AvgIpc) is 3.05. The molecule has 0 saturated carbocycles. The zero-order valence-corrected chi connectivity index (χ0v) is 12.2. The Morgan fingerprint density at radius 1 is 1.30 bits per heavy atom. The van der Waals surface area contributed by atoms with E-state index in [1.54, 1.807) is 12.1 Å². The highest BCUT2D eigenvalue weighted by Crippen LogP contribution is 2.00. The molecule has 2 rings (SSSR count). The van der Waals surface area contributed by atoms with E-state index in [0.29, 0.717) is 12.2 Å². The number of halogens is 1. The average molecular weight is 321 g/mol. The fraction of sp³-hybridized carbons (Fsp3) is 0.267. The van der Waals surface area contributed by atoms with Crippen LogP contribution in [0.1, 0.15) is 16.2 Å². The summed E-state index contributed by atoms with van der Waals surface area (Å²) in [5.74, 6) is -1.39. The fourth-order valence-corrected chi connectivity index (χ4v) is 1.85. The van der Waals surface area contributed by atoms with E-state index in [-0.39, 0.29) is 12.2 Å². The molecule has 3 N–H and O–H groups in total. The number of rotatable bonds is 7. The van der Waals surface area contributed by atoms with Crippen molar-refractivity contribution in [3.63, 3.8) is 0 Å². The van der Waals surface area contributed by atoms with Gasteiger partial charge in [0.2, 0.25) is 11.9 Å². The van der Waals surface area contributed by atoms with E-state index >= 15 is 0 Å². The second-order valence-corrected chi connectivity index (χ2v) is 4.67. The number of amides is 2. The Kier molecular flexibility index (Phi) is 5.81. The summed E-state index contributed by atoms with van der Waals surface area (Å²) in [4.78, 5) is 27.2. The molecule has 0 bridgehead atoms. The van der Waals surface area contributed by atoms with Crippen LogP contribution in [0.4, 0.5) is 4.39 Å². The number of hydrogen-bond donors (Lipinski definition) is 3. The number of aliphatic hydroxyl groups is 1. The van der Waals surface area contributed by atoms with Gasteiger partial charge in [0.25, 0.3) is 5.91 Å². The van der Waals surface area contributed by atoms with Crippen molar-refractivity contribution in [3.8, 4) is 0 Å². The van der Waals surface area contributed by atoms with Crippen LogP contribution in [0.3, 0.4) is 0 Å². The first kappa shape index (κ1) is 16.6. The van der Waals surface area contributed by atoms with E-state index in [1.165, 1.54) is 18.4 Å². The topological polar surface area (TPSA) is 104 Å². The van der Waals surface area contributed by atoms with E-state index < -0.39 is 30.4 Å². The van der Waals surface area contributed by atoms with Crippen molar-refractivity contribution in [1.82, 2.24) is 15.6 Å². The minimum atomic E-state index is -1.15. The molecule has 0 aliphatic carbocycles. The first-order valence-electron chi connectivity index (χ1n) is 6.94. The van der Waals surface area contributed by atoms with E-state index in [1.807, 2.05) is 0 Å². The second kappa shape index (κ2) is 8.04. The minimum Gasteiger partial charge on any atom is -0.469 e. The SMILES string of the molecule is O=C(N[C@@H](CO)C(=O)NCCc1ccco1)c1cccc(F)n1. The Bertz CT molecular complexity index is 661. The summed E-state index contributed by atoms with van der Waals surface area (Å²) in [7, 11) is 0. The summed E-state index contributed by atoms with van der Waals surface area (Å²) >= 11 is 0. The minimum absolute atomic E-state index is 0.174. The lowest BCUT2D eigenvalue weighted by Gasteiger charge is -2.15. The van der Waals surface area contributed by atoms with Crippen molar-refractivity contribution in [2.24, 2.45) is 0 Å². The molecular weight excluding hydrogens is 305 g/mol. The highest BCUT2D eigenvalue weighted by atomic mass is 19.1. The zero-order chi connectivity index (χ0) is 16.7. The van der Waals surface area contributed by atoms with Gasteiger partial charge >= 0.3 is 0 Å². The Hall–Kier alpha value is -2.74. The fourth-order valence-electron chi connectivity index (χ4n) is 1.85. The molecular formula is C15H16FN3O4. The van der Waals surface area contributed by atoms with E-state index in [4.69, 9.17) is 4.42 Å². The second-order valence-electron chi connectivity index (χ2n) is 4.67. The molecule has 0 fully saturated rings. The van der Waals surface area contributed by atoms with Gasteiger partial charge in [-0.3, -0.25) is 9.59 Å². The van der Waals surface area contributed by atoms with Crippen molar-refractivity contribution in [3.05, 3.63) is 54.0 Å². The number of nitrogens with one attached hydrogen (secondary N) is 2. The summed E-state index contributed by atoms with van der Waals surface area (Å²) in [6.45, 7) is -0.301. The van der Waals surface area contributed by atoms with Crippen molar-refractivity contribution in [2.75, 3.05) is 13.2 Å². The van der Waals surface area contributed by atoms with Gasteiger partial charge in [0.15, 0.2) is 0 Å². The molecule has 7 nitrogen and oxygen atoms in total. The molecule has 2 heterocycles. The van der Waals surface area contributed by atoms with Crippen LogP contribution in [0.5, 0.6) is 0 Å². The van der Waals surface area contributed by atoms with Crippen LogP contribution in [0, 0.1) is 5.95 Å². The molecule has 2 amide bonds. The Morgan fingerprint density at radius 2 is 2.13 bits per heavy atom. The Morgan fingerprint density at radius 3 is 2.78 bits per heavy atom. The van der Waals surface area contributed by atoms with Crippen LogP contribution in [0.25, 0.3) is 0 Å². The van der Waals surface area contributed by atoms with Crippen molar-refractivity contribution in [1.29, 1.82) is 0 Å². The predicted molar refractivity (Wildman–Crippen MR) is 78.0 cm³/mol. The van der Waals surface area contributed by atoms with Crippen molar-refractivity contribution >= 4 is 11.8 Å². The van der Waals surface area contributed by atoms with Crippen molar-refractivity contribution < 1.29 is 23.5 Å². The summed E-state index contributed by atoms with van der Waals surface area (Å²) in [5.41, 5.74) is -0.174. The highest BCUT2D eigenvalue weighted by Gasteiger charge is 2.21. The summed E-state index contributed by atoms with van der Waals surface area (Å²) < 4.78 is 18.1. The summed E-state index contributed by atoms with van der Waals surface area (Å²) in [5, 5.41) is 14.1. The van der Waals surface area contributed by atoms with Gasteiger partial charge in [0.05, 0.1) is 12.9 Å². The molecule has 1 atom stereocenters. The van der Waals surface area contributed by atoms with Gasteiger partial charge < -0.3 is 20.2 Å². The monoisotopic (exact) mass is 321 g/mol. The summed E-state index contributed by atoms with van der Waals surface area (Å²) in [6.07, 6.45) is 2.01. The first-order valence-corrected chi connectivity index (χ1v) is 6.94. The molecule has 0 saturated heterocycles. The molecule has 0 aliphatic heterocycles. The lowest BCUT2D eigenvalue weighted by molar-refractivity contribution is -0.123. The lowest BCUT2D eigenvalue weighted by atomic mass is 10.2. The zero-order valence-electron chi connectivity index (χ0n) is 12.2. The Balaban J connectivity index is 1.85. The number of aromatic nitrogens is 1. The van der Waals surface area contributed by atoms with Gasteiger partial charge in [-0.05, 0) is 24.3 Å². The van der Waals surface area contributed by atoms with Crippen LogP contribution < -0.4 is 10.6 Å².